The maximum absolute atomic E-state index is 13.2. The monoisotopic (exact) mass is 404 g/mol. The highest BCUT2D eigenvalue weighted by Crippen LogP contribution is 2.33. The van der Waals surface area contributed by atoms with E-state index in [2.05, 4.69) is 40.0 Å². The van der Waals surface area contributed by atoms with Gasteiger partial charge in [-0.25, -0.2) is 4.79 Å². The van der Waals surface area contributed by atoms with Gasteiger partial charge in [0.1, 0.15) is 0 Å². The van der Waals surface area contributed by atoms with Crippen LogP contribution in [0.15, 0.2) is 54.7 Å². The number of fused-ring (bicyclic) bond motifs is 1. The van der Waals surface area contributed by atoms with Crippen molar-refractivity contribution in [3.8, 4) is 0 Å². The highest BCUT2D eigenvalue weighted by Gasteiger charge is 2.27. The van der Waals surface area contributed by atoms with E-state index in [4.69, 9.17) is 0 Å². The topological polar surface area (TPSA) is 77.2 Å². The standard InChI is InChI=1S/C24H28N4O2/c1-16(2)26-24(30)27-22-10-6-4-8-19(22)23(29)28-13-11-17(12-14-28)20-15-25-21-9-5-3-7-18(20)21/h3-10,15-17,25H,11-14H2,1-2H3,(H2,26,27,30). The van der Waals surface area contributed by atoms with E-state index in [9.17, 15) is 9.59 Å². The minimum absolute atomic E-state index is 0.0244. The van der Waals surface area contributed by atoms with Gasteiger partial charge in [-0.2, -0.15) is 0 Å². The van der Waals surface area contributed by atoms with Gasteiger partial charge in [-0.05, 0) is 56.4 Å². The minimum atomic E-state index is -0.303. The van der Waals surface area contributed by atoms with Gasteiger partial charge < -0.3 is 20.5 Å². The van der Waals surface area contributed by atoms with Crippen LogP contribution in [-0.4, -0.2) is 41.0 Å². The lowest BCUT2D eigenvalue weighted by Gasteiger charge is -2.32. The normalized spacial score (nSPS) is 14.8. The minimum Gasteiger partial charge on any atom is -0.361 e. The number of carbonyl (C=O) groups excluding carboxylic acids is 2. The van der Waals surface area contributed by atoms with Crippen molar-refractivity contribution < 1.29 is 9.59 Å². The summed E-state index contributed by atoms with van der Waals surface area (Å²) in [4.78, 5) is 30.5. The first-order valence-corrected chi connectivity index (χ1v) is 10.5. The highest BCUT2D eigenvalue weighted by molar-refractivity contribution is 6.03. The fourth-order valence-electron chi connectivity index (χ4n) is 4.19. The van der Waals surface area contributed by atoms with Crippen molar-refractivity contribution in [1.29, 1.82) is 0 Å². The third kappa shape index (κ3) is 4.17. The third-order valence-electron chi connectivity index (χ3n) is 5.67. The summed E-state index contributed by atoms with van der Waals surface area (Å²) in [6, 6.07) is 15.3. The molecule has 3 aromatic rings. The van der Waals surface area contributed by atoms with Gasteiger partial charge in [0.05, 0.1) is 11.3 Å². The van der Waals surface area contributed by atoms with Gasteiger partial charge in [0.25, 0.3) is 5.91 Å². The predicted molar refractivity (Wildman–Crippen MR) is 120 cm³/mol. The van der Waals surface area contributed by atoms with Crippen LogP contribution >= 0.6 is 0 Å². The van der Waals surface area contributed by atoms with E-state index in [1.54, 1.807) is 12.1 Å². The van der Waals surface area contributed by atoms with E-state index >= 15 is 0 Å². The number of aromatic nitrogens is 1. The summed E-state index contributed by atoms with van der Waals surface area (Å²) in [6.45, 7) is 5.20. The van der Waals surface area contributed by atoms with Crippen LogP contribution in [0.25, 0.3) is 10.9 Å². The summed E-state index contributed by atoms with van der Waals surface area (Å²) in [7, 11) is 0. The molecule has 1 aromatic heterocycles. The second-order valence-corrected chi connectivity index (χ2v) is 8.15. The Morgan fingerprint density at radius 1 is 1.03 bits per heavy atom. The Morgan fingerprint density at radius 2 is 1.73 bits per heavy atom. The van der Waals surface area contributed by atoms with Crippen LogP contribution in [0.1, 0.15) is 48.5 Å². The first-order valence-electron chi connectivity index (χ1n) is 10.5. The van der Waals surface area contributed by atoms with Gasteiger partial charge in [-0.3, -0.25) is 4.79 Å². The number of amides is 3. The second kappa shape index (κ2) is 8.61. The van der Waals surface area contributed by atoms with E-state index in [0.717, 1.165) is 18.4 Å². The Balaban J connectivity index is 1.44. The number of carbonyl (C=O) groups is 2. The zero-order chi connectivity index (χ0) is 21.1. The number of nitrogens with one attached hydrogen (secondary N) is 3. The molecular weight excluding hydrogens is 376 g/mol. The Bertz CT molecular complexity index is 1050. The summed E-state index contributed by atoms with van der Waals surface area (Å²) >= 11 is 0. The first-order chi connectivity index (χ1) is 14.5. The average molecular weight is 405 g/mol. The smallest absolute Gasteiger partial charge is 0.319 e. The van der Waals surface area contributed by atoms with E-state index in [1.165, 1.54) is 10.9 Å². The number of rotatable bonds is 4. The number of benzene rings is 2. The van der Waals surface area contributed by atoms with Crippen LogP contribution in [0.3, 0.4) is 0 Å². The van der Waals surface area contributed by atoms with E-state index < -0.39 is 0 Å². The maximum Gasteiger partial charge on any atom is 0.319 e. The Kier molecular flexibility index (Phi) is 5.74. The van der Waals surface area contributed by atoms with Crippen molar-refractivity contribution in [1.82, 2.24) is 15.2 Å². The molecule has 2 aromatic carbocycles. The lowest BCUT2D eigenvalue weighted by Crippen LogP contribution is -2.39. The fourth-order valence-corrected chi connectivity index (χ4v) is 4.19. The summed E-state index contributed by atoms with van der Waals surface area (Å²) < 4.78 is 0. The lowest BCUT2D eigenvalue weighted by molar-refractivity contribution is 0.0714. The van der Waals surface area contributed by atoms with Crippen molar-refractivity contribution in [2.24, 2.45) is 0 Å². The van der Waals surface area contributed by atoms with Crippen molar-refractivity contribution >= 4 is 28.5 Å². The van der Waals surface area contributed by atoms with E-state index in [0.29, 0.717) is 30.3 Å². The number of nitrogens with zero attached hydrogens (tertiary/aromatic N) is 1. The molecular formula is C24H28N4O2. The van der Waals surface area contributed by atoms with Crippen molar-refractivity contribution in [3.63, 3.8) is 0 Å². The van der Waals surface area contributed by atoms with Gasteiger partial charge in [-0.15, -0.1) is 0 Å². The number of H-pyrrole nitrogens is 1. The number of urea groups is 1. The molecule has 3 N–H and O–H groups in total. The zero-order valence-corrected chi connectivity index (χ0v) is 17.4. The molecule has 0 saturated carbocycles. The molecule has 0 unspecified atom stereocenters. The van der Waals surface area contributed by atoms with Gasteiger partial charge in [-0.1, -0.05) is 30.3 Å². The molecule has 156 valence electrons. The summed E-state index contributed by atoms with van der Waals surface area (Å²) in [6.07, 6.45) is 3.97. The molecule has 6 heteroatoms. The molecule has 1 fully saturated rings. The van der Waals surface area contributed by atoms with Crippen LogP contribution in [0.5, 0.6) is 0 Å². The van der Waals surface area contributed by atoms with Crippen LogP contribution in [0, 0.1) is 0 Å². The van der Waals surface area contributed by atoms with E-state index in [-0.39, 0.29) is 18.0 Å². The number of para-hydroxylation sites is 2. The molecule has 0 bridgehead atoms. The van der Waals surface area contributed by atoms with Gasteiger partial charge >= 0.3 is 6.03 Å². The number of piperidine rings is 1. The van der Waals surface area contributed by atoms with Crippen LogP contribution in [0.2, 0.25) is 0 Å². The summed E-state index contributed by atoms with van der Waals surface area (Å²) in [5, 5.41) is 6.88. The SMILES string of the molecule is CC(C)NC(=O)Nc1ccccc1C(=O)N1CCC(c2c[nH]c3ccccc23)CC1. The van der Waals surface area contributed by atoms with Crippen LogP contribution in [0.4, 0.5) is 10.5 Å². The molecule has 2 heterocycles. The zero-order valence-electron chi connectivity index (χ0n) is 17.4. The molecule has 0 aliphatic carbocycles. The molecule has 3 amide bonds. The van der Waals surface area contributed by atoms with Gasteiger partial charge in [0, 0.05) is 36.2 Å². The molecule has 6 nitrogen and oxygen atoms in total. The van der Waals surface area contributed by atoms with Crippen LogP contribution in [-0.2, 0) is 0 Å². The number of hydrogen-bond donors (Lipinski definition) is 3. The second-order valence-electron chi connectivity index (χ2n) is 8.15. The maximum atomic E-state index is 13.2. The van der Waals surface area contributed by atoms with Gasteiger partial charge in [0.2, 0.25) is 0 Å². The quantitative estimate of drug-likeness (QED) is 0.588. The van der Waals surface area contributed by atoms with E-state index in [1.807, 2.05) is 36.9 Å². The number of likely N-dealkylation sites (tertiary alicyclic amines) is 1. The third-order valence-corrected chi connectivity index (χ3v) is 5.67. The molecule has 1 saturated heterocycles. The highest BCUT2D eigenvalue weighted by atomic mass is 16.2. The molecule has 0 radical (unpaired) electrons. The van der Waals surface area contributed by atoms with Crippen molar-refractivity contribution in [3.05, 3.63) is 65.9 Å². The Hall–Kier alpha value is -3.28. The average Bonchev–Trinajstić information content (AvgIpc) is 3.17. The van der Waals surface area contributed by atoms with Gasteiger partial charge in [0.15, 0.2) is 0 Å². The Labute approximate surface area is 176 Å². The van der Waals surface area contributed by atoms with Crippen molar-refractivity contribution in [2.45, 2.75) is 38.6 Å². The molecule has 0 atom stereocenters. The summed E-state index contributed by atoms with van der Waals surface area (Å²) in [5.74, 6) is 0.406. The Morgan fingerprint density at radius 3 is 2.50 bits per heavy atom. The van der Waals surface area contributed by atoms with Crippen LogP contribution < -0.4 is 10.6 Å². The predicted octanol–water partition coefficient (Wildman–Crippen LogP) is 4.72. The number of anilines is 1. The number of hydrogen-bond acceptors (Lipinski definition) is 2. The molecule has 1 aliphatic rings. The molecule has 4 rings (SSSR count). The fraction of sp³-hybridized carbons (Fsp3) is 0.333. The molecule has 30 heavy (non-hydrogen) atoms. The first kappa shape index (κ1) is 20.0. The molecule has 1 aliphatic heterocycles. The lowest BCUT2D eigenvalue weighted by atomic mass is 9.89. The molecule has 0 spiro atoms. The number of aromatic amines is 1. The largest absolute Gasteiger partial charge is 0.361 e. The van der Waals surface area contributed by atoms with Crippen molar-refractivity contribution in [2.75, 3.05) is 18.4 Å². The summed E-state index contributed by atoms with van der Waals surface area (Å²) in [5.41, 5.74) is 3.57.